The van der Waals surface area contributed by atoms with Crippen molar-refractivity contribution in [3.63, 3.8) is 0 Å². The quantitative estimate of drug-likeness (QED) is 0.407. The Morgan fingerprint density at radius 3 is 2.71 bits per heavy atom. The van der Waals surface area contributed by atoms with Crippen molar-refractivity contribution in [2.75, 3.05) is 0 Å². The number of ketones is 1. The number of halogens is 1. The molecule has 7 nitrogen and oxygen atoms in total. The zero-order chi connectivity index (χ0) is 21.5. The normalized spacial score (nSPS) is 16.5. The molecule has 0 bridgehead atoms. The third-order valence-corrected chi connectivity index (χ3v) is 5.66. The molecule has 0 fully saturated rings. The Bertz CT molecular complexity index is 1320. The summed E-state index contributed by atoms with van der Waals surface area (Å²) in [6.07, 6.45) is 4.69. The van der Waals surface area contributed by atoms with Crippen molar-refractivity contribution in [3.8, 4) is 0 Å². The van der Waals surface area contributed by atoms with E-state index in [-0.39, 0.29) is 17.9 Å². The molecule has 1 atom stereocenters. The second-order valence-corrected chi connectivity index (χ2v) is 8.01. The number of aliphatic hydroxyl groups excluding tert-OH is 1. The van der Waals surface area contributed by atoms with Crippen LogP contribution in [-0.4, -0.2) is 26.7 Å². The van der Waals surface area contributed by atoms with Crippen LogP contribution in [0.1, 0.15) is 27.9 Å². The first-order valence-electron chi connectivity index (χ1n) is 9.43. The van der Waals surface area contributed by atoms with E-state index in [4.69, 9.17) is 8.83 Å². The maximum absolute atomic E-state index is 13.4. The van der Waals surface area contributed by atoms with E-state index in [0.29, 0.717) is 11.3 Å². The van der Waals surface area contributed by atoms with Crippen LogP contribution in [0.15, 0.2) is 91.8 Å². The average Bonchev–Trinajstić information content (AvgIpc) is 3.49. The molecule has 1 aliphatic heterocycles. The van der Waals surface area contributed by atoms with Gasteiger partial charge in [0.25, 0.3) is 5.91 Å². The number of aromatic nitrogens is 1. The largest absolute Gasteiger partial charge is 0.503 e. The van der Waals surface area contributed by atoms with Crippen LogP contribution in [0.25, 0.3) is 11.0 Å². The zero-order valence-electron chi connectivity index (χ0n) is 16.0. The van der Waals surface area contributed by atoms with E-state index in [1.807, 2.05) is 6.07 Å². The van der Waals surface area contributed by atoms with E-state index in [1.54, 1.807) is 54.9 Å². The van der Waals surface area contributed by atoms with E-state index in [9.17, 15) is 14.7 Å². The molecule has 3 aromatic heterocycles. The summed E-state index contributed by atoms with van der Waals surface area (Å²) < 4.78 is 12.1. The number of Topliss-reactive ketones (excluding diaryl/α,β-unsaturated/α-hetero) is 1. The lowest BCUT2D eigenvalue weighted by Crippen LogP contribution is -2.30. The lowest BCUT2D eigenvalue weighted by molar-refractivity contribution is -0.130. The molecule has 1 aromatic carbocycles. The summed E-state index contributed by atoms with van der Waals surface area (Å²) in [6, 6.07) is 12.9. The number of furan rings is 2. The van der Waals surface area contributed by atoms with Gasteiger partial charge in [-0.15, -0.1) is 0 Å². The molecule has 4 aromatic rings. The Hall–Kier alpha value is -3.65. The first kappa shape index (κ1) is 19.3. The first-order chi connectivity index (χ1) is 15.0. The lowest BCUT2D eigenvalue weighted by atomic mass is 9.99. The number of pyridine rings is 1. The molecule has 0 aliphatic carbocycles. The molecule has 0 saturated carbocycles. The monoisotopic (exact) mass is 478 g/mol. The van der Waals surface area contributed by atoms with Crippen LogP contribution in [0, 0.1) is 0 Å². The predicted octanol–water partition coefficient (Wildman–Crippen LogP) is 4.96. The first-order valence-corrected chi connectivity index (χ1v) is 10.2. The Morgan fingerprint density at radius 1 is 1.16 bits per heavy atom. The maximum atomic E-state index is 13.4. The van der Waals surface area contributed by atoms with Gasteiger partial charge in [-0.3, -0.25) is 14.6 Å². The van der Waals surface area contributed by atoms with E-state index < -0.39 is 23.5 Å². The highest BCUT2D eigenvalue weighted by atomic mass is 79.9. The van der Waals surface area contributed by atoms with Gasteiger partial charge in [0.05, 0.1) is 11.8 Å². The minimum absolute atomic E-state index is 0.0322. The standard InChI is InChI=1S/C23H15BrN2O5/c24-15-3-4-16-14(10-15)11-18(31-16)21(27)19-20(17-2-1-9-30-17)26(23(29)22(19)28)12-13-5-7-25-8-6-13/h1-11,20,28H,12H2. The molecule has 0 radical (unpaired) electrons. The van der Waals surface area contributed by atoms with Crippen molar-refractivity contribution in [2.45, 2.75) is 12.6 Å². The van der Waals surface area contributed by atoms with Crippen LogP contribution >= 0.6 is 15.9 Å². The molecule has 1 unspecified atom stereocenters. The molecule has 5 rings (SSSR count). The summed E-state index contributed by atoms with van der Waals surface area (Å²) >= 11 is 3.39. The topological polar surface area (TPSA) is 96.8 Å². The number of hydrogen-bond donors (Lipinski definition) is 1. The second kappa shape index (κ2) is 7.55. The van der Waals surface area contributed by atoms with Crippen molar-refractivity contribution >= 4 is 38.6 Å². The zero-order valence-corrected chi connectivity index (χ0v) is 17.6. The van der Waals surface area contributed by atoms with Crippen LogP contribution in [-0.2, 0) is 11.3 Å². The SMILES string of the molecule is O=C(C1=C(O)C(=O)N(Cc2ccncc2)C1c1ccco1)c1cc2cc(Br)ccc2o1. The number of amides is 1. The van der Waals surface area contributed by atoms with E-state index in [0.717, 1.165) is 15.4 Å². The molecule has 1 aliphatic rings. The van der Waals surface area contributed by atoms with Gasteiger partial charge in [0.1, 0.15) is 17.4 Å². The summed E-state index contributed by atoms with van der Waals surface area (Å²) in [5.41, 5.74) is 1.25. The molecular formula is C23H15BrN2O5. The van der Waals surface area contributed by atoms with Crippen LogP contribution < -0.4 is 0 Å². The summed E-state index contributed by atoms with van der Waals surface area (Å²) in [5.74, 6) is -1.43. The summed E-state index contributed by atoms with van der Waals surface area (Å²) in [4.78, 5) is 31.7. The van der Waals surface area contributed by atoms with Crippen molar-refractivity contribution in [1.29, 1.82) is 0 Å². The van der Waals surface area contributed by atoms with Crippen LogP contribution in [0.5, 0.6) is 0 Å². The fourth-order valence-electron chi connectivity index (χ4n) is 3.74. The summed E-state index contributed by atoms with van der Waals surface area (Å²) in [5, 5.41) is 11.4. The van der Waals surface area contributed by atoms with Crippen molar-refractivity contribution in [1.82, 2.24) is 9.88 Å². The molecule has 1 amide bonds. The fourth-order valence-corrected chi connectivity index (χ4v) is 4.11. The number of fused-ring (bicyclic) bond motifs is 1. The highest BCUT2D eigenvalue weighted by molar-refractivity contribution is 9.10. The molecule has 1 N–H and O–H groups in total. The molecule has 0 spiro atoms. The van der Waals surface area contributed by atoms with Gasteiger partial charge in [-0.1, -0.05) is 15.9 Å². The van der Waals surface area contributed by atoms with Crippen molar-refractivity contribution in [2.24, 2.45) is 0 Å². The third-order valence-electron chi connectivity index (χ3n) is 5.17. The van der Waals surface area contributed by atoms with Gasteiger partial charge in [-0.05, 0) is 54.1 Å². The fraction of sp³-hybridized carbons (Fsp3) is 0.0870. The number of carbonyl (C=O) groups is 2. The third kappa shape index (κ3) is 3.34. The van der Waals surface area contributed by atoms with E-state index >= 15 is 0 Å². The second-order valence-electron chi connectivity index (χ2n) is 7.09. The van der Waals surface area contributed by atoms with Gasteiger partial charge in [0.15, 0.2) is 11.5 Å². The predicted molar refractivity (Wildman–Crippen MR) is 114 cm³/mol. The molecule has 4 heterocycles. The van der Waals surface area contributed by atoms with Gasteiger partial charge in [0.2, 0.25) is 5.78 Å². The number of nitrogens with zero attached hydrogens (tertiary/aromatic N) is 2. The number of rotatable bonds is 5. The minimum Gasteiger partial charge on any atom is -0.503 e. The molecule has 31 heavy (non-hydrogen) atoms. The summed E-state index contributed by atoms with van der Waals surface area (Å²) in [7, 11) is 0. The number of hydrogen-bond acceptors (Lipinski definition) is 6. The lowest BCUT2D eigenvalue weighted by Gasteiger charge is -2.24. The Morgan fingerprint density at radius 2 is 1.97 bits per heavy atom. The maximum Gasteiger partial charge on any atom is 0.290 e. The van der Waals surface area contributed by atoms with E-state index in [1.165, 1.54) is 11.2 Å². The van der Waals surface area contributed by atoms with Gasteiger partial charge in [-0.25, -0.2) is 0 Å². The van der Waals surface area contributed by atoms with Crippen molar-refractivity contribution < 1.29 is 23.5 Å². The van der Waals surface area contributed by atoms with Crippen LogP contribution in [0.3, 0.4) is 0 Å². The van der Waals surface area contributed by atoms with Gasteiger partial charge in [-0.2, -0.15) is 0 Å². The molecule has 154 valence electrons. The molecular weight excluding hydrogens is 464 g/mol. The van der Waals surface area contributed by atoms with Crippen LogP contribution in [0.2, 0.25) is 0 Å². The van der Waals surface area contributed by atoms with Gasteiger partial charge < -0.3 is 18.8 Å². The molecule has 8 heteroatoms. The average molecular weight is 479 g/mol. The highest BCUT2D eigenvalue weighted by Gasteiger charge is 2.45. The number of carbonyl (C=O) groups excluding carboxylic acids is 2. The van der Waals surface area contributed by atoms with Crippen molar-refractivity contribution in [3.05, 3.63) is 100 Å². The van der Waals surface area contributed by atoms with Gasteiger partial charge in [0, 0.05) is 28.8 Å². The minimum atomic E-state index is -0.886. The van der Waals surface area contributed by atoms with Gasteiger partial charge >= 0.3 is 0 Å². The highest BCUT2D eigenvalue weighted by Crippen LogP contribution is 2.40. The Kier molecular flexibility index (Phi) is 4.71. The van der Waals surface area contributed by atoms with Crippen LogP contribution in [0.4, 0.5) is 0 Å². The Labute approximate surface area is 184 Å². The number of benzene rings is 1. The summed E-state index contributed by atoms with van der Waals surface area (Å²) in [6.45, 7) is 0.167. The smallest absolute Gasteiger partial charge is 0.290 e. The Balaban J connectivity index is 1.58. The molecule has 0 saturated heterocycles. The van der Waals surface area contributed by atoms with E-state index in [2.05, 4.69) is 20.9 Å². The number of aliphatic hydroxyl groups is 1.